The van der Waals surface area contributed by atoms with Gasteiger partial charge in [-0.3, -0.25) is 0 Å². The van der Waals surface area contributed by atoms with Crippen molar-refractivity contribution >= 4 is 16.7 Å². The quantitative estimate of drug-likeness (QED) is 0.874. The number of hydrogen-bond acceptors (Lipinski definition) is 4. The highest BCUT2D eigenvalue weighted by Gasteiger charge is 2.37. The average molecular weight is 283 g/mol. The molecule has 2 aromatic rings. The number of alkyl halides is 3. The van der Waals surface area contributed by atoms with Gasteiger partial charge in [-0.2, -0.15) is 13.2 Å². The summed E-state index contributed by atoms with van der Waals surface area (Å²) < 4.78 is 38.6. The van der Waals surface area contributed by atoms with Crippen molar-refractivity contribution in [3.05, 3.63) is 30.1 Å². The first-order valence-electron chi connectivity index (χ1n) is 6.25. The molecule has 4 nitrogen and oxygen atoms in total. The zero-order valence-corrected chi connectivity index (χ0v) is 10.4. The lowest BCUT2D eigenvalue weighted by Gasteiger charge is -2.23. The first kappa shape index (κ1) is 13.1. The molecule has 0 aliphatic carbocycles. The highest BCUT2D eigenvalue weighted by Crippen LogP contribution is 2.33. The van der Waals surface area contributed by atoms with Gasteiger partial charge in [0, 0.05) is 11.9 Å². The van der Waals surface area contributed by atoms with Gasteiger partial charge < -0.3 is 10.0 Å². The number of aliphatic hydroxyl groups excluding tert-OH is 1. The lowest BCUT2D eigenvalue weighted by molar-refractivity contribution is -0.144. The van der Waals surface area contributed by atoms with Crippen LogP contribution in [0, 0.1) is 0 Å². The Hall–Kier alpha value is -1.89. The maximum atomic E-state index is 12.9. The van der Waals surface area contributed by atoms with Gasteiger partial charge in [0.15, 0.2) is 0 Å². The summed E-state index contributed by atoms with van der Waals surface area (Å²) >= 11 is 0. The number of aliphatic hydroxyl groups is 1. The van der Waals surface area contributed by atoms with E-state index in [4.69, 9.17) is 0 Å². The second-order valence-corrected chi connectivity index (χ2v) is 4.70. The number of nitrogens with zero attached hydrogens (tertiary/aromatic N) is 3. The van der Waals surface area contributed by atoms with Crippen molar-refractivity contribution in [2.24, 2.45) is 0 Å². The summed E-state index contributed by atoms with van der Waals surface area (Å²) in [6, 6.07) is 6.51. The van der Waals surface area contributed by atoms with Crippen LogP contribution >= 0.6 is 0 Å². The van der Waals surface area contributed by atoms with Crippen LogP contribution in [-0.2, 0) is 6.18 Å². The maximum absolute atomic E-state index is 12.9. The fourth-order valence-electron chi connectivity index (χ4n) is 2.40. The molecule has 0 spiro atoms. The van der Waals surface area contributed by atoms with E-state index in [1.807, 2.05) is 0 Å². The minimum atomic E-state index is -4.61. The second kappa shape index (κ2) is 4.59. The van der Waals surface area contributed by atoms with Crippen molar-refractivity contribution in [1.82, 2.24) is 9.97 Å². The second-order valence-electron chi connectivity index (χ2n) is 4.70. The largest absolute Gasteiger partial charge is 0.451 e. The highest BCUT2D eigenvalue weighted by atomic mass is 19.4. The zero-order chi connectivity index (χ0) is 14.3. The number of anilines is 1. The molecule has 1 fully saturated rings. The minimum Gasteiger partial charge on any atom is -0.374 e. The molecule has 20 heavy (non-hydrogen) atoms. The number of aromatic nitrogens is 2. The first-order valence-corrected chi connectivity index (χ1v) is 6.25. The zero-order valence-electron chi connectivity index (χ0n) is 10.4. The molecular formula is C13H12F3N3O. The van der Waals surface area contributed by atoms with E-state index in [0.717, 1.165) is 6.42 Å². The molecule has 106 valence electrons. The van der Waals surface area contributed by atoms with Crippen molar-refractivity contribution in [2.75, 3.05) is 11.4 Å². The Morgan fingerprint density at radius 1 is 1.20 bits per heavy atom. The summed E-state index contributed by atoms with van der Waals surface area (Å²) in [5, 5.41) is 10.4. The van der Waals surface area contributed by atoms with Gasteiger partial charge in [0.2, 0.25) is 5.82 Å². The monoisotopic (exact) mass is 283 g/mol. The van der Waals surface area contributed by atoms with Crippen LogP contribution in [0.25, 0.3) is 10.9 Å². The molecule has 1 aromatic carbocycles. The van der Waals surface area contributed by atoms with E-state index in [1.165, 1.54) is 11.0 Å². The number of hydrogen-bond donors (Lipinski definition) is 1. The summed E-state index contributed by atoms with van der Waals surface area (Å²) in [7, 11) is 0. The van der Waals surface area contributed by atoms with E-state index in [1.54, 1.807) is 18.2 Å². The van der Waals surface area contributed by atoms with Crippen LogP contribution in [0.4, 0.5) is 19.0 Å². The van der Waals surface area contributed by atoms with Gasteiger partial charge in [-0.25, -0.2) is 9.97 Å². The van der Waals surface area contributed by atoms with Crippen LogP contribution < -0.4 is 4.90 Å². The third-order valence-electron chi connectivity index (χ3n) is 3.33. The Labute approximate surface area is 112 Å². The molecule has 2 heterocycles. The van der Waals surface area contributed by atoms with Crippen LogP contribution in [0.3, 0.4) is 0 Å². The summed E-state index contributed by atoms with van der Waals surface area (Å²) in [5.41, 5.74) is 0.226. The van der Waals surface area contributed by atoms with E-state index in [-0.39, 0.29) is 11.3 Å². The molecule has 1 aliphatic rings. The number of para-hydroxylation sites is 1. The van der Waals surface area contributed by atoms with E-state index < -0.39 is 18.2 Å². The highest BCUT2D eigenvalue weighted by molar-refractivity contribution is 5.89. The third kappa shape index (κ3) is 2.18. The normalized spacial score (nSPS) is 19.8. The molecule has 1 aromatic heterocycles. The molecule has 0 bridgehead atoms. The molecule has 0 amide bonds. The van der Waals surface area contributed by atoms with E-state index >= 15 is 0 Å². The van der Waals surface area contributed by atoms with Crippen LogP contribution in [0.2, 0.25) is 0 Å². The Bertz CT molecular complexity index is 644. The van der Waals surface area contributed by atoms with Gasteiger partial charge in [-0.05, 0) is 25.0 Å². The molecule has 1 atom stereocenters. The van der Waals surface area contributed by atoms with Crippen LogP contribution in [0.5, 0.6) is 0 Å². The number of benzene rings is 1. The fourth-order valence-corrected chi connectivity index (χ4v) is 2.40. The van der Waals surface area contributed by atoms with Crippen molar-refractivity contribution in [1.29, 1.82) is 0 Å². The SMILES string of the molecule is OC1CCCN1c1nc(C(F)(F)F)nc2ccccc12. The molecular weight excluding hydrogens is 271 g/mol. The average Bonchev–Trinajstić information content (AvgIpc) is 2.82. The van der Waals surface area contributed by atoms with Gasteiger partial charge >= 0.3 is 6.18 Å². The molecule has 0 radical (unpaired) electrons. The summed E-state index contributed by atoms with van der Waals surface area (Å²) in [4.78, 5) is 8.69. The number of fused-ring (bicyclic) bond motifs is 1. The van der Waals surface area contributed by atoms with Crippen LogP contribution in [0.15, 0.2) is 24.3 Å². The van der Waals surface area contributed by atoms with Crippen LogP contribution in [-0.4, -0.2) is 27.8 Å². The Morgan fingerprint density at radius 3 is 2.60 bits per heavy atom. The topological polar surface area (TPSA) is 49.2 Å². The van der Waals surface area contributed by atoms with Crippen LogP contribution in [0.1, 0.15) is 18.7 Å². The lowest BCUT2D eigenvalue weighted by atomic mass is 10.2. The van der Waals surface area contributed by atoms with E-state index in [9.17, 15) is 18.3 Å². The van der Waals surface area contributed by atoms with Crippen molar-refractivity contribution in [2.45, 2.75) is 25.2 Å². The molecule has 1 aliphatic heterocycles. The van der Waals surface area contributed by atoms with Gasteiger partial charge in [0.05, 0.1) is 5.52 Å². The van der Waals surface area contributed by atoms with Crippen molar-refractivity contribution in [3.8, 4) is 0 Å². The summed E-state index contributed by atoms with van der Waals surface area (Å²) in [6.45, 7) is 0.486. The van der Waals surface area contributed by atoms with Gasteiger partial charge in [-0.1, -0.05) is 12.1 Å². The molecule has 1 unspecified atom stereocenters. The minimum absolute atomic E-state index is 0.146. The summed E-state index contributed by atoms with van der Waals surface area (Å²) in [6.07, 6.45) is -4.15. The standard InChI is InChI=1S/C13H12F3N3O/c14-13(15,16)12-17-9-5-2-1-4-8(9)11(18-12)19-7-3-6-10(19)20/h1-2,4-5,10,20H,3,6-7H2. The smallest absolute Gasteiger partial charge is 0.374 e. The molecule has 7 heteroatoms. The van der Waals surface area contributed by atoms with Gasteiger partial charge in [0.25, 0.3) is 0 Å². The van der Waals surface area contributed by atoms with Gasteiger partial charge in [0.1, 0.15) is 12.0 Å². The molecule has 1 saturated heterocycles. The van der Waals surface area contributed by atoms with E-state index in [0.29, 0.717) is 18.4 Å². The molecule has 3 rings (SSSR count). The molecule has 1 N–H and O–H groups in total. The fraction of sp³-hybridized carbons (Fsp3) is 0.385. The third-order valence-corrected chi connectivity index (χ3v) is 3.33. The summed E-state index contributed by atoms with van der Waals surface area (Å²) in [5.74, 6) is -1.03. The maximum Gasteiger partial charge on any atom is 0.451 e. The number of rotatable bonds is 1. The van der Waals surface area contributed by atoms with Crippen molar-refractivity contribution in [3.63, 3.8) is 0 Å². The predicted octanol–water partition coefficient (Wildman–Crippen LogP) is 2.57. The van der Waals surface area contributed by atoms with Gasteiger partial charge in [-0.15, -0.1) is 0 Å². The Balaban J connectivity index is 2.22. The van der Waals surface area contributed by atoms with Crippen molar-refractivity contribution < 1.29 is 18.3 Å². The Kier molecular flexibility index (Phi) is 3.01. The van der Waals surface area contributed by atoms with E-state index in [2.05, 4.69) is 9.97 Å². The first-order chi connectivity index (χ1) is 9.47. The Morgan fingerprint density at radius 2 is 1.95 bits per heavy atom. The predicted molar refractivity (Wildman–Crippen MR) is 67.1 cm³/mol. The number of halogens is 3. The molecule has 0 saturated carbocycles. The lowest BCUT2D eigenvalue weighted by Crippen LogP contribution is -2.30.